The van der Waals surface area contributed by atoms with Crippen molar-refractivity contribution in [3.63, 3.8) is 0 Å². The Morgan fingerprint density at radius 2 is 2.33 bits per heavy atom. The van der Waals surface area contributed by atoms with Crippen LogP contribution in [0.1, 0.15) is 39.0 Å². The maximum Gasteiger partial charge on any atom is 0.0575 e. The Morgan fingerprint density at radius 3 is 2.89 bits per heavy atom. The van der Waals surface area contributed by atoms with Crippen LogP contribution in [0, 0.1) is 0 Å². The van der Waals surface area contributed by atoms with Crippen molar-refractivity contribution in [3.05, 3.63) is 0 Å². The average Bonchev–Trinajstić information content (AvgIpc) is 1.91. The Bertz CT molecular complexity index is 62.2. The molecule has 1 saturated heterocycles. The van der Waals surface area contributed by atoms with Gasteiger partial charge in [-0.25, -0.2) is 0 Å². The Morgan fingerprint density at radius 1 is 1.44 bits per heavy atom. The van der Waals surface area contributed by atoms with Crippen LogP contribution in [0.4, 0.5) is 0 Å². The van der Waals surface area contributed by atoms with Gasteiger partial charge in [0, 0.05) is 6.61 Å². The van der Waals surface area contributed by atoms with Gasteiger partial charge in [0.2, 0.25) is 0 Å². The number of hydrogen-bond acceptors (Lipinski definition) is 1. The molecule has 0 unspecified atom stereocenters. The summed E-state index contributed by atoms with van der Waals surface area (Å²) in [5.74, 6) is 0. The van der Waals surface area contributed by atoms with Gasteiger partial charge in [-0.3, -0.25) is 0 Å². The molecular weight excluding hydrogens is 112 g/mol. The lowest BCUT2D eigenvalue weighted by molar-refractivity contribution is 0.0109. The van der Waals surface area contributed by atoms with E-state index in [-0.39, 0.29) is 0 Å². The lowest BCUT2D eigenvalue weighted by Crippen LogP contribution is -2.18. The van der Waals surface area contributed by atoms with Crippen LogP contribution in [0.2, 0.25) is 0 Å². The van der Waals surface area contributed by atoms with Crippen LogP contribution in [0.25, 0.3) is 0 Å². The van der Waals surface area contributed by atoms with E-state index in [2.05, 4.69) is 6.92 Å². The van der Waals surface area contributed by atoms with Crippen molar-refractivity contribution in [1.29, 1.82) is 0 Å². The smallest absolute Gasteiger partial charge is 0.0575 e. The van der Waals surface area contributed by atoms with Crippen LogP contribution in [0.15, 0.2) is 0 Å². The van der Waals surface area contributed by atoms with Gasteiger partial charge in [-0.05, 0) is 25.7 Å². The summed E-state index contributed by atoms with van der Waals surface area (Å²) in [6, 6.07) is 0. The third-order valence-electron chi connectivity index (χ3n) is 1.88. The Hall–Kier alpha value is -0.0400. The van der Waals surface area contributed by atoms with Crippen molar-refractivity contribution >= 4 is 0 Å². The zero-order chi connectivity index (χ0) is 6.53. The first-order valence-electron chi connectivity index (χ1n) is 4.05. The van der Waals surface area contributed by atoms with Gasteiger partial charge in [0.05, 0.1) is 6.10 Å². The minimum absolute atomic E-state index is 0.601. The molecule has 1 heteroatoms. The fraction of sp³-hybridized carbons (Fsp3) is 1.00. The van der Waals surface area contributed by atoms with E-state index in [1.807, 2.05) is 0 Å². The molecule has 0 aromatic carbocycles. The van der Waals surface area contributed by atoms with E-state index < -0.39 is 0 Å². The maximum atomic E-state index is 5.52. The number of hydrogen-bond donors (Lipinski definition) is 0. The Kier molecular flexibility index (Phi) is 3.05. The van der Waals surface area contributed by atoms with E-state index in [0.29, 0.717) is 6.10 Å². The zero-order valence-corrected chi connectivity index (χ0v) is 6.23. The van der Waals surface area contributed by atoms with Crippen LogP contribution in [0.3, 0.4) is 0 Å². The van der Waals surface area contributed by atoms with Crippen molar-refractivity contribution in [1.82, 2.24) is 0 Å². The summed E-state index contributed by atoms with van der Waals surface area (Å²) in [7, 11) is 0. The molecule has 0 amide bonds. The topological polar surface area (TPSA) is 9.23 Å². The molecule has 1 aliphatic heterocycles. The van der Waals surface area contributed by atoms with Crippen LogP contribution < -0.4 is 0 Å². The standard InChI is InChI=1S/C8H16O/c1-2-5-8-6-3-4-7-9-8/h8H,2-7H2,1H3/t8-/m0/s1. The molecule has 1 fully saturated rings. The molecule has 1 atom stereocenters. The quantitative estimate of drug-likeness (QED) is 0.554. The predicted molar refractivity (Wildman–Crippen MR) is 38.5 cm³/mol. The average molecular weight is 128 g/mol. The second-order valence-electron chi connectivity index (χ2n) is 2.78. The van der Waals surface area contributed by atoms with Crippen LogP contribution >= 0.6 is 0 Å². The first-order chi connectivity index (χ1) is 4.43. The normalized spacial score (nSPS) is 28.3. The second kappa shape index (κ2) is 3.89. The highest BCUT2D eigenvalue weighted by molar-refractivity contribution is 4.61. The molecule has 1 nitrogen and oxygen atoms in total. The van der Waals surface area contributed by atoms with Crippen molar-refractivity contribution in [3.8, 4) is 0 Å². The summed E-state index contributed by atoms with van der Waals surface area (Å²) >= 11 is 0. The van der Waals surface area contributed by atoms with Crippen LogP contribution in [-0.4, -0.2) is 12.7 Å². The highest BCUT2D eigenvalue weighted by Crippen LogP contribution is 2.16. The van der Waals surface area contributed by atoms with Gasteiger partial charge in [0.1, 0.15) is 0 Å². The molecule has 0 radical (unpaired) electrons. The third-order valence-corrected chi connectivity index (χ3v) is 1.88. The van der Waals surface area contributed by atoms with E-state index in [9.17, 15) is 0 Å². The molecular formula is C8H16O. The van der Waals surface area contributed by atoms with Gasteiger partial charge in [-0.1, -0.05) is 13.3 Å². The van der Waals surface area contributed by atoms with Crippen molar-refractivity contribution in [2.24, 2.45) is 0 Å². The molecule has 1 rings (SSSR count). The lowest BCUT2D eigenvalue weighted by Gasteiger charge is -2.21. The van der Waals surface area contributed by atoms with Crippen molar-refractivity contribution < 1.29 is 4.74 Å². The fourth-order valence-electron chi connectivity index (χ4n) is 1.36. The molecule has 0 aliphatic carbocycles. The third kappa shape index (κ3) is 2.35. The summed E-state index contributed by atoms with van der Waals surface area (Å²) in [6.07, 6.45) is 7.09. The minimum atomic E-state index is 0.601. The molecule has 1 heterocycles. The maximum absolute atomic E-state index is 5.52. The molecule has 1 aliphatic rings. The highest BCUT2D eigenvalue weighted by Gasteiger charge is 2.11. The summed E-state index contributed by atoms with van der Waals surface area (Å²) in [4.78, 5) is 0. The fourth-order valence-corrected chi connectivity index (χ4v) is 1.36. The van der Waals surface area contributed by atoms with Gasteiger partial charge in [0.15, 0.2) is 0 Å². The summed E-state index contributed by atoms with van der Waals surface area (Å²) < 4.78 is 5.52. The number of ether oxygens (including phenoxy) is 1. The van der Waals surface area contributed by atoms with Crippen LogP contribution in [-0.2, 0) is 4.74 Å². The lowest BCUT2D eigenvalue weighted by atomic mass is 10.1. The predicted octanol–water partition coefficient (Wildman–Crippen LogP) is 2.36. The van der Waals surface area contributed by atoms with Gasteiger partial charge >= 0.3 is 0 Å². The number of rotatable bonds is 2. The molecule has 0 aromatic rings. The minimum Gasteiger partial charge on any atom is -0.378 e. The van der Waals surface area contributed by atoms with Crippen molar-refractivity contribution in [2.75, 3.05) is 6.61 Å². The van der Waals surface area contributed by atoms with Crippen LogP contribution in [0.5, 0.6) is 0 Å². The van der Waals surface area contributed by atoms with E-state index in [1.165, 1.54) is 32.1 Å². The molecule has 0 bridgehead atoms. The van der Waals surface area contributed by atoms with Gasteiger partial charge < -0.3 is 4.74 Å². The van der Waals surface area contributed by atoms with E-state index in [4.69, 9.17) is 4.74 Å². The second-order valence-corrected chi connectivity index (χ2v) is 2.78. The molecule has 9 heavy (non-hydrogen) atoms. The molecule has 0 saturated carbocycles. The largest absolute Gasteiger partial charge is 0.378 e. The SMILES string of the molecule is CCC[C@H]1CCCCO1. The summed E-state index contributed by atoms with van der Waals surface area (Å²) in [5.41, 5.74) is 0. The van der Waals surface area contributed by atoms with E-state index in [1.54, 1.807) is 0 Å². The molecule has 0 N–H and O–H groups in total. The molecule has 0 spiro atoms. The Balaban J connectivity index is 2.08. The van der Waals surface area contributed by atoms with Gasteiger partial charge in [0.25, 0.3) is 0 Å². The highest BCUT2D eigenvalue weighted by atomic mass is 16.5. The summed E-state index contributed by atoms with van der Waals surface area (Å²) in [6.45, 7) is 3.22. The molecule has 54 valence electrons. The first-order valence-corrected chi connectivity index (χ1v) is 4.05. The monoisotopic (exact) mass is 128 g/mol. The van der Waals surface area contributed by atoms with E-state index >= 15 is 0 Å². The van der Waals surface area contributed by atoms with Gasteiger partial charge in [-0.2, -0.15) is 0 Å². The summed E-state index contributed by atoms with van der Waals surface area (Å²) in [5, 5.41) is 0. The van der Waals surface area contributed by atoms with E-state index in [0.717, 1.165) is 6.61 Å². The first kappa shape index (κ1) is 7.07. The van der Waals surface area contributed by atoms with Gasteiger partial charge in [-0.15, -0.1) is 0 Å². The molecule has 0 aromatic heterocycles. The zero-order valence-electron chi connectivity index (χ0n) is 6.23. The Labute approximate surface area is 57.4 Å². The van der Waals surface area contributed by atoms with Crippen molar-refractivity contribution in [2.45, 2.75) is 45.1 Å².